The minimum atomic E-state index is -4.38. The highest BCUT2D eigenvalue weighted by atomic mass is 19.4. The minimum Gasteiger partial charge on any atom is -0.299 e. The van der Waals surface area contributed by atoms with E-state index < -0.39 is 17.9 Å². The van der Waals surface area contributed by atoms with Gasteiger partial charge in [0.1, 0.15) is 11.7 Å². The van der Waals surface area contributed by atoms with Gasteiger partial charge < -0.3 is 0 Å². The molecule has 0 bridgehead atoms. The van der Waals surface area contributed by atoms with Crippen LogP contribution in [0.25, 0.3) is 0 Å². The van der Waals surface area contributed by atoms with Crippen molar-refractivity contribution >= 4 is 5.78 Å². The topological polar surface area (TPSA) is 17.1 Å². The SMILES string of the molecule is CC(C)CC(=O)[C@H](C)C(F)(F)F. The maximum absolute atomic E-state index is 11.9. The van der Waals surface area contributed by atoms with Gasteiger partial charge in [-0.3, -0.25) is 4.79 Å². The molecule has 0 aliphatic heterocycles. The van der Waals surface area contributed by atoms with Crippen LogP contribution in [-0.4, -0.2) is 12.0 Å². The van der Waals surface area contributed by atoms with Gasteiger partial charge in [0.15, 0.2) is 0 Å². The van der Waals surface area contributed by atoms with Gasteiger partial charge in [-0.2, -0.15) is 13.2 Å². The summed E-state index contributed by atoms with van der Waals surface area (Å²) in [6, 6.07) is 0. The molecule has 0 heterocycles. The van der Waals surface area contributed by atoms with E-state index in [1.54, 1.807) is 13.8 Å². The van der Waals surface area contributed by atoms with Crippen LogP contribution in [0.15, 0.2) is 0 Å². The predicted octanol–water partition coefficient (Wildman–Crippen LogP) is 2.80. The summed E-state index contributed by atoms with van der Waals surface area (Å²) < 4.78 is 35.8. The summed E-state index contributed by atoms with van der Waals surface area (Å²) in [6.07, 6.45) is -4.38. The number of alkyl halides is 3. The Kier molecular flexibility index (Phi) is 3.74. The van der Waals surface area contributed by atoms with Crippen LogP contribution < -0.4 is 0 Å². The average Bonchev–Trinajstić information content (AvgIpc) is 1.82. The largest absolute Gasteiger partial charge is 0.398 e. The van der Waals surface area contributed by atoms with Crippen molar-refractivity contribution in [3.8, 4) is 0 Å². The Bertz CT molecular complexity index is 160. The molecule has 4 heteroatoms. The van der Waals surface area contributed by atoms with Gasteiger partial charge in [0.05, 0.1) is 0 Å². The molecule has 0 fully saturated rings. The van der Waals surface area contributed by atoms with Crippen molar-refractivity contribution in [2.24, 2.45) is 11.8 Å². The summed E-state index contributed by atoms with van der Waals surface area (Å²) in [4.78, 5) is 10.9. The van der Waals surface area contributed by atoms with Crippen LogP contribution >= 0.6 is 0 Å². The van der Waals surface area contributed by atoms with Crippen molar-refractivity contribution in [3.63, 3.8) is 0 Å². The second-order valence-corrected chi connectivity index (χ2v) is 3.33. The molecule has 0 rings (SSSR count). The lowest BCUT2D eigenvalue weighted by Crippen LogP contribution is -2.28. The molecule has 0 N–H and O–H groups in total. The van der Waals surface area contributed by atoms with Gasteiger partial charge in [0.25, 0.3) is 0 Å². The van der Waals surface area contributed by atoms with E-state index in [4.69, 9.17) is 0 Å². The van der Waals surface area contributed by atoms with Crippen molar-refractivity contribution in [3.05, 3.63) is 0 Å². The van der Waals surface area contributed by atoms with E-state index in [1.807, 2.05) is 0 Å². The molecular formula is C8H13F3O. The van der Waals surface area contributed by atoms with Crippen LogP contribution in [0.2, 0.25) is 0 Å². The first-order chi connectivity index (χ1) is 5.25. The number of halogens is 3. The normalized spacial score (nSPS) is 14.9. The maximum Gasteiger partial charge on any atom is 0.398 e. The van der Waals surface area contributed by atoms with Gasteiger partial charge in [-0.15, -0.1) is 0 Å². The molecule has 0 aliphatic rings. The minimum absolute atomic E-state index is 0.000671. The molecule has 0 unspecified atom stereocenters. The fourth-order valence-corrected chi connectivity index (χ4v) is 0.762. The fraction of sp³-hybridized carbons (Fsp3) is 0.875. The molecular weight excluding hydrogens is 169 g/mol. The van der Waals surface area contributed by atoms with E-state index in [1.165, 1.54) is 0 Å². The first kappa shape index (κ1) is 11.5. The van der Waals surface area contributed by atoms with Crippen LogP contribution in [0.5, 0.6) is 0 Å². The lowest BCUT2D eigenvalue weighted by molar-refractivity contribution is -0.177. The second kappa shape index (κ2) is 3.92. The number of ketones is 1. The van der Waals surface area contributed by atoms with Crippen LogP contribution in [0.3, 0.4) is 0 Å². The fourth-order valence-electron chi connectivity index (χ4n) is 0.762. The van der Waals surface area contributed by atoms with Gasteiger partial charge in [-0.1, -0.05) is 13.8 Å². The van der Waals surface area contributed by atoms with E-state index in [0.717, 1.165) is 6.92 Å². The van der Waals surface area contributed by atoms with E-state index in [2.05, 4.69) is 0 Å². The number of Topliss-reactive ketones (excluding diaryl/α,β-unsaturated/α-hetero) is 1. The van der Waals surface area contributed by atoms with Crippen molar-refractivity contribution < 1.29 is 18.0 Å². The maximum atomic E-state index is 11.9. The molecule has 0 amide bonds. The monoisotopic (exact) mass is 182 g/mol. The van der Waals surface area contributed by atoms with Gasteiger partial charge in [-0.25, -0.2) is 0 Å². The summed E-state index contributed by atoms with van der Waals surface area (Å²) in [5, 5.41) is 0. The molecule has 0 aromatic rings. The number of rotatable bonds is 3. The summed E-state index contributed by atoms with van der Waals surface area (Å²) in [6.45, 7) is 4.35. The number of carbonyl (C=O) groups excluding carboxylic acids is 1. The third-order valence-electron chi connectivity index (χ3n) is 1.58. The van der Waals surface area contributed by atoms with Crippen LogP contribution in [0.1, 0.15) is 27.2 Å². The lowest BCUT2D eigenvalue weighted by Gasteiger charge is -2.14. The van der Waals surface area contributed by atoms with Crippen molar-refractivity contribution in [1.82, 2.24) is 0 Å². The van der Waals surface area contributed by atoms with Crippen molar-refractivity contribution in [2.45, 2.75) is 33.4 Å². The standard InChI is InChI=1S/C8H13F3O/c1-5(2)4-7(12)6(3)8(9,10)11/h5-6H,4H2,1-3H3/t6-/m0/s1. The lowest BCUT2D eigenvalue weighted by atomic mass is 9.97. The van der Waals surface area contributed by atoms with Crippen LogP contribution in [-0.2, 0) is 4.79 Å². The quantitative estimate of drug-likeness (QED) is 0.655. The zero-order valence-corrected chi connectivity index (χ0v) is 7.40. The first-order valence-electron chi connectivity index (χ1n) is 3.84. The first-order valence-corrected chi connectivity index (χ1v) is 3.84. The molecule has 0 saturated heterocycles. The molecule has 0 radical (unpaired) electrons. The molecule has 0 aromatic carbocycles. The second-order valence-electron chi connectivity index (χ2n) is 3.33. The molecule has 0 aliphatic carbocycles. The van der Waals surface area contributed by atoms with E-state index >= 15 is 0 Å². The molecule has 0 aromatic heterocycles. The summed E-state index contributed by atoms with van der Waals surface area (Å²) in [5.41, 5.74) is 0. The molecule has 12 heavy (non-hydrogen) atoms. The van der Waals surface area contributed by atoms with E-state index in [9.17, 15) is 18.0 Å². The molecule has 72 valence electrons. The number of hydrogen-bond donors (Lipinski definition) is 0. The highest BCUT2D eigenvalue weighted by molar-refractivity contribution is 5.81. The van der Waals surface area contributed by atoms with E-state index in [-0.39, 0.29) is 12.3 Å². The Labute approximate surface area is 70.0 Å². The average molecular weight is 182 g/mol. The zero-order valence-electron chi connectivity index (χ0n) is 7.40. The van der Waals surface area contributed by atoms with Gasteiger partial charge in [0, 0.05) is 6.42 Å². The Hall–Kier alpha value is -0.540. The van der Waals surface area contributed by atoms with Gasteiger partial charge in [-0.05, 0) is 12.8 Å². The summed E-state index contributed by atoms with van der Waals surface area (Å²) in [5.74, 6) is -2.56. The Morgan fingerprint density at radius 2 is 1.67 bits per heavy atom. The highest BCUT2D eigenvalue weighted by Gasteiger charge is 2.40. The predicted molar refractivity (Wildman–Crippen MR) is 39.7 cm³/mol. The molecule has 0 saturated carbocycles. The third-order valence-corrected chi connectivity index (χ3v) is 1.58. The molecule has 1 atom stereocenters. The van der Waals surface area contributed by atoms with Gasteiger partial charge >= 0.3 is 6.18 Å². The van der Waals surface area contributed by atoms with Crippen molar-refractivity contribution in [2.75, 3.05) is 0 Å². The Morgan fingerprint density at radius 3 is 1.92 bits per heavy atom. The smallest absolute Gasteiger partial charge is 0.299 e. The molecule has 0 spiro atoms. The Morgan fingerprint density at radius 1 is 1.25 bits per heavy atom. The summed E-state index contributed by atoms with van der Waals surface area (Å²) in [7, 11) is 0. The zero-order chi connectivity index (χ0) is 9.94. The highest BCUT2D eigenvalue weighted by Crippen LogP contribution is 2.27. The summed E-state index contributed by atoms with van der Waals surface area (Å²) >= 11 is 0. The number of carbonyl (C=O) groups is 1. The third kappa shape index (κ3) is 3.74. The van der Waals surface area contributed by atoms with Crippen LogP contribution in [0.4, 0.5) is 13.2 Å². The van der Waals surface area contributed by atoms with Crippen LogP contribution in [0, 0.1) is 11.8 Å². The van der Waals surface area contributed by atoms with E-state index in [0.29, 0.717) is 0 Å². The molecule has 1 nitrogen and oxygen atoms in total. The Balaban J connectivity index is 4.12. The van der Waals surface area contributed by atoms with Crippen molar-refractivity contribution in [1.29, 1.82) is 0 Å². The number of hydrogen-bond acceptors (Lipinski definition) is 1. The van der Waals surface area contributed by atoms with Gasteiger partial charge in [0.2, 0.25) is 0 Å².